The van der Waals surface area contributed by atoms with Gasteiger partial charge in [-0.3, -0.25) is 16.0 Å². The van der Waals surface area contributed by atoms with Crippen LogP contribution >= 0.6 is 11.8 Å². The Morgan fingerprint density at radius 3 is 3.14 bits per heavy atom. The summed E-state index contributed by atoms with van der Waals surface area (Å²) in [6, 6.07) is 2.23. The van der Waals surface area contributed by atoms with E-state index >= 15 is 0 Å². The molecule has 0 aliphatic carbocycles. The number of aromatic nitrogens is 2. The molecule has 0 amide bonds. The molecule has 0 radical (unpaired) electrons. The van der Waals surface area contributed by atoms with Gasteiger partial charge in [-0.05, 0) is 24.7 Å². The molecule has 1 aromatic heterocycles. The van der Waals surface area contributed by atoms with Crippen molar-refractivity contribution in [2.75, 3.05) is 5.75 Å². The van der Waals surface area contributed by atoms with Crippen molar-refractivity contribution in [2.24, 2.45) is 12.9 Å². The fourth-order valence-corrected chi connectivity index (χ4v) is 3.23. The Morgan fingerprint density at radius 1 is 1.79 bits per heavy atom. The van der Waals surface area contributed by atoms with Crippen molar-refractivity contribution in [1.29, 1.82) is 0 Å². The van der Waals surface area contributed by atoms with E-state index in [0.29, 0.717) is 5.25 Å². The van der Waals surface area contributed by atoms with Crippen LogP contribution in [-0.4, -0.2) is 20.8 Å². The van der Waals surface area contributed by atoms with E-state index in [2.05, 4.69) is 10.5 Å². The highest BCUT2D eigenvalue weighted by Crippen LogP contribution is 2.34. The number of nitrogens with zero attached hydrogens (tertiary/aromatic N) is 2. The predicted octanol–water partition coefficient (Wildman–Crippen LogP) is 0.820. The molecular formula is C9H16N4S. The minimum atomic E-state index is 0.198. The first-order valence-corrected chi connectivity index (χ1v) is 5.93. The third-order valence-electron chi connectivity index (χ3n) is 2.57. The molecule has 1 aromatic rings. The summed E-state index contributed by atoms with van der Waals surface area (Å²) >= 11 is 1.99. The van der Waals surface area contributed by atoms with E-state index in [1.807, 2.05) is 35.8 Å². The van der Waals surface area contributed by atoms with Gasteiger partial charge in [0.25, 0.3) is 0 Å². The van der Waals surface area contributed by atoms with E-state index in [4.69, 9.17) is 5.84 Å². The largest absolute Gasteiger partial charge is 0.275 e. The van der Waals surface area contributed by atoms with Crippen LogP contribution in [0.1, 0.15) is 24.6 Å². The van der Waals surface area contributed by atoms with Gasteiger partial charge in [0.1, 0.15) is 0 Å². The van der Waals surface area contributed by atoms with Crippen molar-refractivity contribution < 1.29 is 0 Å². The third kappa shape index (κ3) is 1.94. The average molecular weight is 212 g/mol. The molecule has 3 N–H and O–H groups in total. The summed E-state index contributed by atoms with van der Waals surface area (Å²) in [6.07, 6.45) is 4.48. The van der Waals surface area contributed by atoms with Gasteiger partial charge in [-0.2, -0.15) is 16.9 Å². The lowest BCUT2D eigenvalue weighted by molar-refractivity contribution is 0.502. The number of hydrazine groups is 1. The maximum Gasteiger partial charge on any atom is 0.0818 e. The molecule has 0 spiro atoms. The van der Waals surface area contributed by atoms with Gasteiger partial charge in [0.15, 0.2) is 0 Å². The van der Waals surface area contributed by atoms with E-state index in [9.17, 15) is 0 Å². The molecule has 2 atom stereocenters. The molecule has 78 valence electrons. The van der Waals surface area contributed by atoms with Crippen molar-refractivity contribution in [3.8, 4) is 0 Å². The van der Waals surface area contributed by atoms with E-state index < -0.39 is 0 Å². The lowest BCUT2D eigenvalue weighted by Crippen LogP contribution is -2.34. The Balaban J connectivity index is 2.12. The van der Waals surface area contributed by atoms with Crippen LogP contribution in [0, 0.1) is 0 Å². The highest BCUT2D eigenvalue weighted by Gasteiger charge is 2.27. The number of aryl methyl sites for hydroxylation is 1. The van der Waals surface area contributed by atoms with Crippen LogP contribution in [0.2, 0.25) is 0 Å². The predicted molar refractivity (Wildman–Crippen MR) is 58.8 cm³/mol. The summed E-state index contributed by atoms with van der Waals surface area (Å²) in [5.41, 5.74) is 3.93. The Morgan fingerprint density at radius 2 is 2.64 bits per heavy atom. The molecule has 1 fully saturated rings. The summed E-state index contributed by atoms with van der Waals surface area (Å²) in [5, 5.41) is 4.97. The first-order chi connectivity index (χ1) is 6.81. The summed E-state index contributed by atoms with van der Waals surface area (Å²) in [5.74, 6) is 6.83. The minimum absolute atomic E-state index is 0.198. The monoisotopic (exact) mass is 212 g/mol. The van der Waals surface area contributed by atoms with Crippen LogP contribution in [0.5, 0.6) is 0 Å². The standard InChI is InChI=1S/C9H16N4S/c1-13-5-4-7(12-13)9(11-10)8-3-2-6-14-8/h4-5,8-9,11H,2-3,6,10H2,1H3. The Bertz CT molecular complexity index is 293. The SMILES string of the molecule is Cn1ccc(C(NN)C2CCCS2)n1. The lowest BCUT2D eigenvalue weighted by atomic mass is 10.1. The van der Waals surface area contributed by atoms with Crippen molar-refractivity contribution in [1.82, 2.24) is 15.2 Å². The molecule has 1 saturated heterocycles. The number of rotatable bonds is 3. The molecule has 14 heavy (non-hydrogen) atoms. The van der Waals surface area contributed by atoms with Crippen molar-refractivity contribution in [3.05, 3.63) is 18.0 Å². The van der Waals surface area contributed by atoms with Gasteiger partial charge in [0, 0.05) is 18.5 Å². The number of hydrogen-bond acceptors (Lipinski definition) is 4. The van der Waals surface area contributed by atoms with Crippen LogP contribution in [0.25, 0.3) is 0 Å². The Hall–Kier alpha value is -0.520. The first-order valence-electron chi connectivity index (χ1n) is 4.88. The number of thioether (sulfide) groups is 1. The average Bonchev–Trinajstić information content (AvgIpc) is 2.79. The zero-order chi connectivity index (χ0) is 9.97. The van der Waals surface area contributed by atoms with Gasteiger partial charge < -0.3 is 0 Å². The van der Waals surface area contributed by atoms with Crippen molar-refractivity contribution in [3.63, 3.8) is 0 Å². The van der Waals surface area contributed by atoms with Gasteiger partial charge in [-0.25, -0.2) is 0 Å². The molecule has 1 aliphatic rings. The lowest BCUT2D eigenvalue weighted by Gasteiger charge is -2.19. The summed E-state index contributed by atoms with van der Waals surface area (Å²) < 4.78 is 1.82. The maximum absolute atomic E-state index is 5.58. The molecule has 5 heteroatoms. The summed E-state index contributed by atoms with van der Waals surface area (Å²) in [6.45, 7) is 0. The second kappa shape index (κ2) is 4.33. The van der Waals surface area contributed by atoms with Gasteiger partial charge in [0.05, 0.1) is 11.7 Å². The normalized spacial score (nSPS) is 24.0. The minimum Gasteiger partial charge on any atom is -0.275 e. The van der Waals surface area contributed by atoms with Gasteiger partial charge >= 0.3 is 0 Å². The molecule has 4 nitrogen and oxygen atoms in total. The van der Waals surface area contributed by atoms with E-state index in [1.165, 1.54) is 18.6 Å². The van der Waals surface area contributed by atoms with Crippen LogP contribution in [0.3, 0.4) is 0 Å². The highest BCUT2D eigenvalue weighted by atomic mass is 32.2. The van der Waals surface area contributed by atoms with Crippen LogP contribution < -0.4 is 11.3 Å². The van der Waals surface area contributed by atoms with Crippen LogP contribution in [0.15, 0.2) is 12.3 Å². The fourth-order valence-electron chi connectivity index (χ4n) is 1.85. The van der Waals surface area contributed by atoms with E-state index in [1.54, 1.807) is 0 Å². The fraction of sp³-hybridized carbons (Fsp3) is 0.667. The number of nitrogens with one attached hydrogen (secondary N) is 1. The topological polar surface area (TPSA) is 55.9 Å². The molecule has 2 unspecified atom stereocenters. The smallest absolute Gasteiger partial charge is 0.0818 e. The summed E-state index contributed by atoms with van der Waals surface area (Å²) in [7, 11) is 1.93. The summed E-state index contributed by atoms with van der Waals surface area (Å²) in [4.78, 5) is 0. The van der Waals surface area contributed by atoms with Gasteiger partial charge in [-0.15, -0.1) is 0 Å². The zero-order valence-corrected chi connectivity index (χ0v) is 9.13. The quantitative estimate of drug-likeness (QED) is 0.575. The molecule has 2 heterocycles. The number of hydrogen-bond donors (Lipinski definition) is 2. The van der Waals surface area contributed by atoms with Crippen LogP contribution in [0.4, 0.5) is 0 Å². The van der Waals surface area contributed by atoms with Crippen molar-refractivity contribution >= 4 is 11.8 Å². The highest BCUT2D eigenvalue weighted by molar-refractivity contribution is 8.00. The zero-order valence-electron chi connectivity index (χ0n) is 8.31. The second-order valence-corrected chi connectivity index (χ2v) is 4.96. The molecule has 0 aromatic carbocycles. The van der Waals surface area contributed by atoms with Crippen molar-refractivity contribution in [2.45, 2.75) is 24.1 Å². The maximum atomic E-state index is 5.58. The first kappa shape index (κ1) is 10.0. The Labute approximate surface area is 88.2 Å². The van der Waals surface area contributed by atoms with E-state index in [0.717, 1.165) is 5.69 Å². The van der Waals surface area contributed by atoms with Crippen LogP contribution in [-0.2, 0) is 7.05 Å². The number of nitrogens with two attached hydrogens (primary N) is 1. The molecule has 2 rings (SSSR count). The molecule has 0 saturated carbocycles. The van der Waals surface area contributed by atoms with Gasteiger partial charge in [-0.1, -0.05) is 0 Å². The second-order valence-electron chi connectivity index (χ2n) is 3.61. The molecule has 0 bridgehead atoms. The molecule has 1 aliphatic heterocycles. The Kier molecular flexibility index (Phi) is 3.10. The van der Waals surface area contributed by atoms with Gasteiger partial charge in [0.2, 0.25) is 0 Å². The van der Waals surface area contributed by atoms with E-state index in [-0.39, 0.29) is 6.04 Å². The third-order valence-corrected chi connectivity index (χ3v) is 4.03. The molecular weight excluding hydrogens is 196 g/mol.